The number of benzene rings is 1. The van der Waals surface area contributed by atoms with Gasteiger partial charge in [0.1, 0.15) is 5.60 Å². The molecule has 1 saturated heterocycles. The number of rotatable bonds is 6. The normalized spacial score (nSPS) is 18.1. The van der Waals surface area contributed by atoms with Crippen LogP contribution in [-0.4, -0.2) is 30.8 Å². The highest BCUT2D eigenvalue weighted by Gasteiger charge is 2.39. The van der Waals surface area contributed by atoms with Gasteiger partial charge in [-0.15, -0.1) is 11.3 Å². The second-order valence-electron chi connectivity index (χ2n) is 6.24. The van der Waals surface area contributed by atoms with E-state index in [0.29, 0.717) is 13.2 Å². The first-order valence-electron chi connectivity index (χ1n) is 8.53. The van der Waals surface area contributed by atoms with E-state index < -0.39 is 5.60 Å². The number of amides is 1. The lowest BCUT2D eigenvalue weighted by atomic mass is 9.77. The fraction of sp³-hybridized carbons (Fsp3) is 0.350. The molecule has 132 valence electrons. The van der Waals surface area contributed by atoms with Crippen molar-refractivity contribution >= 4 is 23.3 Å². The molecular formula is C20H23NO3S. The molecule has 1 fully saturated rings. The summed E-state index contributed by atoms with van der Waals surface area (Å²) in [4.78, 5) is 13.2. The van der Waals surface area contributed by atoms with Crippen LogP contribution in [0.2, 0.25) is 0 Å². The second kappa shape index (κ2) is 8.43. The summed E-state index contributed by atoms with van der Waals surface area (Å²) in [6.45, 7) is 1.48. The standard InChI is InChI=1S/C20H23NO3S/c22-19(9-8-18-7-4-14-25-18)21-15-20(23,16-5-2-1-3-6-16)17-10-12-24-13-11-17/h1-9,14,17,23H,10-13,15H2,(H,21,22). The van der Waals surface area contributed by atoms with E-state index >= 15 is 0 Å². The Hall–Kier alpha value is -1.95. The SMILES string of the molecule is O=C(C=Cc1cccs1)NCC(O)(c1ccccc1)C1CCOCC1. The Labute approximate surface area is 152 Å². The molecule has 1 aliphatic rings. The van der Waals surface area contributed by atoms with Crippen molar-refractivity contribution in [1.82, 2.24) is 5.32 Å². The first kappa shape index (κ1) is 17.9. The van der Waals surface area contributed by atoms with Gasteiger partial charge in [0.2, 0.25) is 5.91 Å². The molecule has 0 spiro atoms. The van der Waals surface area contributed by atoms with E-state index in [0.717, 1.165) is 23.3 Å². The van der Waals surface area contributed by atoms with Gasteiger partial charge in [0.25, 0.3) is 0 Å². The van der Waals surface area contributed by atoms with Crippen molar-refractivity contribution < 1.29 is 14.6 Å². The largest absolute Gasteiger partial charge is 0.383 e. The van der Waals surface area contributed by atoms with Crippen molar-refractivity contribution in [3.8, 4) is 0 Å². The van der Waals surface area contributed by atoms with Gasteiger partial charge in [0.05, 0.1) is 6.54 Å². The Kier molecular flexibility index (Phi) is 6.02. The van der Waals surface area contributed by atoms with Gasteiger partial charge >= 0.3 is 0 Å². The van der Waals surface area contributed by atoms with E-state index in [-0.39, 0.29) is 18.4 Å². The molecule has 0 radical (unpaired) electrons. The molecule has 0 saturated carbocycles. The third kappa shape index (κ3) is 4.57. The highest BCUT2D eigenvalue weighted by molar-refractivity contribution is 7.10. The number of hydrogen-bond acceptors (Lipinski definition) is 4. The third-order valence-electron chi connectivity index (χ3n) is 4.64. The van der Waals surface area contributed by atoms with Gasteiger partial charge < -0.3 is 15.2 Å². The number of carbonyl (C=O) groups is 1. The van der Waals surface area contributed by atoms with E-state index in [1.165, 1.54) is 6.08 Å². The quantitative estimate of drug-likeness (QED) is 0.781. The number of thiophene rings is 1. The van der Waals surface area contributed by atoms with Crippen LogP contribution in [0, 0.1) is 5.92 Å². The highest BCUT2D eigenvalue weighted by atomic mass is 32.1. The van der Waals surface area contributed by atoms with Gasteiger partial charge in [-0.1, -0.05) is 36.4 Å². The van der Waals surface area contributed by atoms with Crippen molar-refractivity contribution in [1.29, 1.82) is 0 Å². The predicted octanol–water partition coefficient (Wildman–Crippen LogP) is 3.19. The lowest BCUT2D eigenvalue weighted by molar-refractivity contribution is -0.119. The molecule has 1 aromatic heterocycles. The molecule has 0 aliphatic carbocycles. The van der Waals surface area contributed by atoms with Crippen LogP contribution < -0.4 is 5.32 Å². The molecule has 5 heteroatoms. The van der Waals surface area contributed by atoms with Crippen LogP contribution in [0.1, 0.15) is 23.3 Å². The highest BCUT2D eigenvalue weighted by Crippen LogP contribution is 2.35. The van der Waals surface area contributed by atoms with Crippen molar-refractivity contribution in [3.63, 3.8) is 0 Å². The molecule has 1 aliphatic heterocycles. The summed E-state index contributed by atoms with van der Waals surface area (Å²) < 4.78 is 5.43. The molecule has 2 heterocycles. The van der Waals surface area contributed by atoms with E-state index in [4.69, 9.17) is 4.74 Å². The average Bonchev–Trinajstić information content (AvgIpc) is 3.19. The van der Waals surface area contributed by atoms with Crippen molar-refractivity contribution in [2.75, 3.05) is 19.8 Å². The molecule has 1 aromatic carbocycles. The Balaban J connectivity index is 1.70. The van der Waals surface area contributed by atoms with E-state index in [9.17, 15) is 9.90 Å². The lowest BCUT2D eigenvalue weighted by Gasteiger charge is -2.39. The maximum atomic E-state index is 12.2. The molecule has 4 nitrogen and oxygen atoms in total. The van der Waals surface area contributed by atoms with Crippen LogP contribution in [0.15, 0.2) is 53.9 Å². The first-order valence-corrected chi connectivity index (χ1v) is 9.41. The van der Waals surface area contributed by atoms with Crippen LogP contribution in [0.25, 0.3) is 6.08 Å². The van der Waals surface area contributed by atoms with Crippen molar-refractivity contribution in [2.45, 2.75) is 18.4 Å². The van der Waals surface area contributed by atoms with Crippen LogP contribution in [0.4, 0.5) is 0 Å². The Morgan fingerprint density at radius 3 is 2.68 bits per heavy atom. The van der Waals surface area contributed by atoms with Gasteiger partial charge in [-0.05, 0) is 41.8 Å². The third-order valence-corrected chi connectivity index (χ3v) is 5.48. The summed E-state index contributed by atoms with van der Waals surface area (Å²) in [5.74, 6) is -0.139. The summed E-state index contributed by atoms with van der Waals surface area (Å²) >= 11 is 1.58. The molecular weight excluding hydrogens is 334 g/mol. The van der Waals surface area contributed by atoms with E-state index in [1.54, 1.807) is 17.4 Å². The smallest absolute Gasteiger partial charge is 0.244 e. The minimum absolute atomic E-state index is 0.0604. The molecule has 1 atom stereocenters. The monoisotopic (exact) mass is 357 g/mol. The second-order valence-corrected chi connectivity index (χ2v) is 7.22. The summed E-state index contributed by atoms with van der Waals surface area (Å²) in [5, 5.41) is 16.3. The summed E-state index contributed by atoms with van der Waals surface area (Å²) in [6, 6.07) is 13.5. The van der Waals surface area contributed by atoms with Crippen molar-refractivity contribution in [2.24, 2.45) is 5.92 Å². The number of nitrogens with one attached hydrogen (secondary N) is 1. The molecule has 2 N–H and O–H groups in total. The van der Waals surface area contributed by atoms with Gasteiger partial charge in [-0.2, -0.15) is 0 Å². The predicted molar refractivity (Wildman–Crippen MR) is 100 cm³/mol. The van der Waals surface area contributed by atoms with Crippen molar-refractivity contribution in [3.05, 3.63) is 64.4 Å². The number of aliphatic hydroxyl groups is 1. The molecule has 0 bridgehead atoms. The average molecular weight is 357 g/mol. The van der Waals surface area contributed by atoms with E-state index in [2.05, 4.69) is 5.32 Å². The maximum absolute atomic E-state index is 12.2. The van der Waals surface area contributed by atoms with Crippen LogP contribution >= 0.6 is 11.3 Å². The first-order chi connectivity index (χ1) is 12.2. The maximum Gasteiger partial charge on any atom is 0.244 e. The molecule has 1 amide bonds. The summed E-state index contributed by atoms with van der Waals surface area (Å²) in [5.41, 5.74) is -0.248. The van der Waals surface area contributed by atoms with Crippen LogP contribution in [-0.2, 0) is 15.1 Å². The molecule has 25 heavy (non-hydrogen) atoms. The zero-order valence-electron chi connectivity index (χ0n) is 14.1. The Morgan fingerprint density at radius 1 is 1.24 bits per heavy atom. The lowest BCUT2D eigenvalue weighted by Crippen LogP contribution is -2.47. The minimum atomic E-state index is -1.09. The van der Waals surface area contributed by atoms with Crippen LogP contribution in [0.5, 0.6) is 0 Å². The van der Waals surface area contributed by atoms with Crippen LogP contribution in [0.3, 0.4) is 0 Å². The molecule has 2 aromatic rings. The fourth-order valence-corrected chi connectivity index (χ4v) is 3.83. The zero-order valence-corrected chi connectivity index (χ0v) is 14.9. The Morgan fingerprint density at radius 2 is 2.00 bits per heavy atom. The summed E-state index contributed by atoms with van der Waals surface area (Å²) in [6.07, 6.45) is 4.87. The minimum Gasteiger partial charge on any atom is -0.383 e. The topological polar surface area (TPSA) is 58.6 Å². The fourth-order valence-electron chi connectivity index (χ4n) is 3.21. The van der Waals surface area contributed by atoms with Gasteiger partial charge in [0.15, 0.2) is 0 Å². The summed E-state index contributed by atoms with van der Waals surface area (Å²) in [7, 11) is 0. The number of hydrogen-bond donors (Lipinski definition) is 2. The number of carbonyl (C=O) groups excluding carboxylic acids is 1. The van der Waals surface area contributed by atoms with Gasteiger partial charge in [0, 0.05) is 24.2 Å². The van der Waals surface area contributed by atoms with Gasteiger partial charge in [-0.25, -0.2) is 0 Å². The molecule has 1 unspecified atom stereocenters. The zero-order chi connectivity index (χ0) is 17.5. The van der Waals surface area contributed by atoms with E-state index in [1.807, 2.05) is 47.8 Å². The Bertz CT molecular complexity index is 693. The molecule has 3 rings (SSSR count). The van der Waals surface area contributed by atoms with Gasteiger partial charge in [-0.3, -0.25) is 4.79 Å². The number of ether oxygens (including phenoxy) is 1.